The summed E-state index contributed by atoms with van der Waals surface area (Å²) in [5.74, 6) is 0.767. The maximum atomic E-state index is 12.9. The SMILES string of the molecule is Cc1cc(C(=O)Nc2ccnc(N3CCN(C)CC3)c2)c2cnccc2c1. The van der Waals surface area contributed by atoms with Gasteiger partial charge in [0, 0.05) is 67.5 Å². The molecule has 6 heteroatoms. The van der Waals surface area contributed by atoms with Crippen molar-refractivity contribution in [2.24, 2.45) is 0 Å². The molecule has 1 aliphatic rings. The second kappa shape index (κ2) is 7.32. The largest absolute Gasteiger partial charge is 0.354 e. The summed E-state index contributed by atoms with van der Waals surface area (Å²) in [5.41, 5.74) is 2.44. The van der Waals surface area contributed by atoms with E-state index >= 15 is 0 Å². The van der Waals surface area contributed by atoms with Crippen molar-refractivity contribution in [1.29, 1.82) is 0 Å². The van der Waals surface area contributed by atoms with Crippen LogP contribution in [0, 0.1) is 6.92 Å². The number of amides is 1. The van der Waals surface area contributed by atoms with Crippen molar-refractivity contribution in [3.8, 4) is 0 Å². The molecule has 4 rings (SSSR count). The summed E-state index contributed by atoms with van der Waals surface area (Å²) >= 11 is 0. The van der Waals surface area contributed by atoms with Crippen molar-refractivity contribution in [2.75, 3.05) is 43.4 Å². The number of benzene rings is 1. The van der Waals surface area contributed by atoms with Crippen molar-refractivity contribution >= 4 is 28.2 Å². The molecule has 2 aromatic heterocycles. The van der Waals surface area contributed by atoms with Crippen LogP contribution < -0.4 is 10.2 Å². The Morgan fingerprint density at radius 2 is 1.89 bits per heavy atom. The lowest BCUT2D eigenvalue weighted by atomic mass is 10.0. The number of hydrogen-bond donors (Lipinski definition) is 1. The van der Waals surface area contributed by atoms with Crippen LogP contribution in [0.4, 0.5) is 11.5 Å². The lowest BCUT2D eigenvalue weighted by molar-refractivity contribution is 0.102. The fraction of sp³-hybridized carbons (Fsp3) is 0.286. The molecule has 0 radical (unpaired) electrons. The molecule has 27 heavy (non-hydrogen) atoms. The van der Waals surface area contributed by atoms with E-state index in [1.807, 2.05) is 31.2 Å². The van der Waals surface area contributed by atoms with Crippen LogP contribution in [0.2, 0.25) is 0 Å². The molecule has 0 atom stereocenters. The van der Waals surface area contributed by atoms with Gasteiger partial charge >= 0.3 is 0 Å². The summed E-state index contributed by atoms with van der Waals surface area (Å²) in [6.07, 6.45) is 5.24. The number of fused-ring (bicyclic) bond motifs is 1. The number of nitrogens with one attached hydrogen (secondary N) is 1. The van der Waals surface area contributed by atoms with Gasteiger partial charge in [0.1, 0.15) is 5.82 Å². The first-order valence-electron chi connectivity index (χ1n) is 9.15. The van der Waals surface area contributed by atoms with E-state index in [4.69, 9.17) is 0 Å². The first kappa shape index (κ1) is 17.4. The molecule has 1 N–H and O–H groups in total. The number of piperazine rings is 1. The molecule has 1 fully saturated rings. The molecule has 138 valence electrons. The van der Waals surface area contributed by atoms with E-state index in [1.54, 1.807) is 18.6 Å². The van der Waals surface area contributed by atoms with Crippen LogP contribution in [0.3, 0.4) is 0 Å². The number of pyridine rings is 2. The fourth-order valence-electron chi connectivity index (χ4n) is 3.44. The van der Waals surface area contributed by atoms with Gasteiger partial charge in [0.15, 0.2) is 0 Å². The topological polar surface area (TPSA) is 61.4 Å². The molecule has 6 nitrogen and oxygen atoms in total. The average molecular weight is 361 g/mol. The average Bonchev–Trinajstić information content (AvgIpc) is 2.68. The zero-order valence-electron chi connectivity index (χ0n) is 15.6. The van der Waals surface area contributed by atoms with Gasteiger partial charge in [-0.05, 0) is 43.1 Å². The molecule has 1 amide bonds. The van der Waals surface area contributed by atoms with Gasteiger partial charge in [-0.3, -0.25) is 9.78 Å². The van der Waals surface area contributed by atoms with Gasteiger partial charge in [-0.2, -0.15) is 0 Å². The van der Waals surface area contributed by atoms with Crippen molar-refractivity contribution in [2.45, 2.75) is 6.92 Å². The Morgan fingerprint density at radius 1 is 1.07 bits per heavy atom. The van der Waals surface area contributed by atoms with E-state index in [0.29, 0.717) is 5.56 Å². The van der Waals surface area contributed by atoms with Gasteiger partial charge in [-0.1, -0.05) is 6.07 Å². The smallest absolute Gasteiger partial charge is 0.256 e. The van der Waals surface area contributed by atoms with Gasteiger partial charge in [-0.15, -0.1) is 0 Å². The van der Waals surface area contributed by atoms with Crippen LogP contribution in [-0.4, -0.2) is 54.0 Å². The van der Waals surface area contributed by atoms with Gasteiger partial charge < -0.3 is 15.1 Å². The van der Waals surface area contributed by atoms with E-state index in [0.717, 1.165) is 54.0 Å². The van der Waals surface area contributed by atoms with E-state index in [1.165, 1.54) is 0 Å². The molecule has 3 aromatic rings. The number of carbonyl (C=O) groups excluding carboxylic acids is 1. The van der Waals surface area contributed by atoms with Gasteiger partial charge in [0.2, 0.25) is 0 Å². The third kappa shape index (κ3) is 3.75. The van der Waals surface area contributed by atoms with E-state index < -0.39 is 0 Å². The second-order valence-corrected chi connectivity index (χ2v) is 7.06. The minimum Gasteiger partial charge on any atom is -0.354 e. The van der Waals surface area contributed by atoms with Gasteiger partial charge in [0.05, 0.1) is 0 Å². The normalized spacial score (nSPS) is 15.1. The Morgan fingerprint density at radius 3 is 2.70 bits per heavy atom. The molecule has 3 heterocycles. The fourth-order valence-corrected chi connectivity index (χ4v) is 3.44. The van der Waals surface area contributed by atoms with Crippen molar-refractivity contribution < 1.29 is 4.79 Å². The van der Waals surface area contributed by atoms with Crippen molar-refractivity contribution in [3.05, 3.63) is 60.0 Å². The molecule has 1 saturated heterocycles. The van der Waals surface area contributed by atoms with Crippen molar-refractivity contribution in [3.63, 3.8) is 0 Å². The lowest BCUT2D eigenvalue weighted by Gasteiger charge is -2.33. The van der Waals surface area contributed by atoms with Crippen LogP contribution in [0.15, 0.2) is 48.9 Å². The highest BCUT2D eigenvalue weighted by atomic mass is 16.1. The number of hydrogen-bond acceptors (Lipinski definition) is 5. The summed E-state index contributed by atoms with van der Waals surface area (Å²) in [6.45, 7) is 5.90. The summed E-state index contributed by atoms with van der Waals surface area (Å²) < 4.78 is 0. The number of nitrogens with zero attached hydrogens (tertiary/aromatic N) is 4. The Kier molecular flexibility index (Phi) is 4.73. The van der Waals surface area contributed by atoms with Crippen LogP contribution in [0.1, 0.15) is 15.9 Å². The monoisotopic (exact) mass is 361 g/mol. The molecule has 0 bridgehead atoms. The standard InChI is InChI=1S/C21H23N5O/c1-15-11-16-3-5-22-14-19(16)18(12-15)21(27)24-17-4-6-23-20(13-17)26-9-7-25(2)8-10-26/h3-6,11-14H,7-10H2,1-2H3,(H,23,24,27). The Hall–Kier alpha value is -2.99. The summed E-state index contributed by atoms with van der Waals surface area (Å²) in [4.78, 5) is 26.1. The third-order valence-electron chi connectivity index (χ3n) is 4.98. The van der Waals surface area contributed by atoms with Crippen molar-refractivity contribution in [1.82, 2.24) is 14.9 Å². The second-order valence-electron chi connectivity index (χ2n) is 7.06. The van der Waals surface area contributed by atoms with E-state index in [-0.39, 0.29) is 5.91 Å². The zero-order valence-corrected chi connectivity index (χ0v) is 15.6. The molecule has 1 aliphatic heterocycles. The van der Waals surface area contributed by atoms with Crippen LogP contribution in [-0.2, 0) is 0 Å². The van der Waals surface area contributed by atoms with Crippen LogP contribution in [0.25, 0.3) is 10.8 Å². The summed E-state index contributed by atoms with van der Waals surface area (Å²) in [5, 5.41) is 4.89. The first-order chi connectivity index (χ1) is 13.1. The Labute approximate surface area is 158 Å². The number of aryl methyl sites for hydroxylation is 1. The summed E-state index contributed by atoms with van der Waals surface area (Å²) in [6, 6.07) is 9.66. The molecule has 1 aromatic carbocycles. The van der Waals surface area contributed by atoms with Gasteiger partial charge in [0.25, 0.3) is 5.91 Å². The number of likely N-dealkylation sites (N-methyl/N-ethyl adjacent to an activating group) is 1. The number of anilines is 2. The summed E-state index contributed by atoms with van der Waals surface area (Å²) in [7, 11) is 2.13. The molecular formula is C21H23N5O. The van der Waals surface area contributed by atoms with Crippen LogP contribution in [0.5, 0.6) is 0 Å². The minimum atomic E-state index is -0.132. The highest BCUT2D eigenvalue weighted by Crippen LogP contribution is 2.23. The maximum Gasteiger partial charge on any atom is 0.256 e. The first-order valence-corrected chi connectivity index (χ1v) is 9.15. The Balaban J connectivity index is 1.58. The highest BCUT2D eigenvalue weighted by Gasteiger charge is 2.16. The van der Waals surface area contributed by atoms with E-state index in [2.05, 4.69) is 38.2 Å². The maximum absolute atomic E-state index is 12.9. The third-order valence-corrected chi connectivity index (χ3v) is 4.98. The number of carbonyl (C=O) groups is 1. The molecule has 0 unspecified atom stereocenters. The van der Waals surface area contributed by atoms with Crippen LogP contribution >= 0.6 is 0 Å². The predicted molar refractivity (Wildman–Crippen MR) is 108 cm³/mol. The zero-order chi connectivity index (χ0) is 18.8. The molecule has 0 aliphatic carbocycles. The predicted octanol–water partition coefficient (Wildman–Crippen LogP) is 2.94. The molecule has 0 saturated carbocycles. The lowest BCUT2D eigenvalue weighted by Crippen LogP contribution is -2.44. The quantitative estimate of drug-likeness (QED) is 0.777. The highest BCUT2D eigenvalue weighted by molar-refractivity contribution is 6.13. The van der Waals surface area contributed by atoms with E-state index in [9.17, 15) is 4.79 Å². The molecule has 0 spiro atoms. The van der Waals surface area contributed by atoms with Gasteiger partial charge in [-0.25, -0.2) is 4.98 Å². The number of aromatic nitrogens is 2. The Bertz CT molecular complexity index is 979. The minimum absolute atomic E-state index is 0.132. The molecular weight excluding hydrogens is 338 g/mol. The number of rotatable bonds is 3.